The topological polar surface area (TPSA) is 58.2 Å². The van der Waals surface area contributed by atoms with Gasteiger partial charge in [-0.05, 0) is 37.8 Å². The van der Waals surface area contributed by atoms with Gasteiger partial charge in [0.25, 0.3) is 0 Å². The number of sulfonamides is 1. The van der Waals surface area contributed by atoms with Crippen LogP contribution in [0.3, 0.4) is 0 Å². The molecule has 1 aliphatic carbocycles. The van der Waals surface area contributed by atoms with E-state index >= 15 is 0 Å². The number of hydrogen-bond donors (Lipinski definition) is 2. The fraction of sp³-hybridized carbons (Fsp3) is 0.600. The molecule has 1 atom stereocenters. The average Bonchev–Trinajstić information content (AvgIpc) is 2.47. The summed E-state index contributed by atoms with van der Waals surface area (Å²) in [6.45, 7) is 1.98. The van der Waals surface area contributed by atoms with E-state index in [0.29, 0.717) is 16.5 Å². The Bertz CT molecular complexity index is 537. The van der Waals surface area contributed by atoms with Crippen LogP contribution in [0.4, 0.5) is 5.69 Å². The summed E-state index contributed by atoms with van der Waals surface area (Å²) in [6, 6.07) is 6.99. The third-order valence-electron chi connectivity index (χ3n) is 4.14. The molecule has 0 radical (unpaired) electrons. The third-order valence-corrected chi connectivity index (χ3v) is 5.76. The molecular formula is C15H24N2O2S. The van der Waals surface area contributed by atoms with Crippen LogP contribution < -0.4 is 10.0 Å². The molecule has 112 valence electrons. The molecule has 1 unspecified atom stereocenters. The molecule has 0 bridgehead atoms. The van der Waals surface area contributed by atoms with Crippen LogP contribution in [0.25, 0.3) is 0 Å². The molecule has 1 aromatic rings. The van der Waals surface area contributed by atoms with Gasteiger partial charge in [-0.1, -0.05) is 31.4 Å². The zero-order valence-electron chi connectivity index (χ0n) is 12.2. The van der Waals surface area contributed by atoms with Crippen LogP contribution in [0.2, 0.25) is 0 Å². The minimum Gasteiger partial charge on any atom is -0.387 e. The van der Waals surface area contributed by atoms with E-state index in [1.807, 2.05) is 13.0 Å². The molecule has 0 heterocycles. The van der Waals surface area contributed by atoms with Crippen LogP contribution in [0.15, 0.2) is 29.2 Å². The first-order valence-electron chi connectivity index (χ1n) is 7.33. The van der Waals surface area contributed by atoms with Gasteiger partial charge in [-0.25, -0.2) is 13.1 Å². The molecule has 0 aliphatic heterocycles. The lowest BCUT2D eigenvalue weighted by Crippen LogP contribution is -2.39. The number of anilines is 1. The van der Waals surface area contributed by atoms with Crippen molar-refractivity contribution in [1.82, 2.24) is 4.72 Å². The fourth-order valence-corrected chi connectivity index (χ4v) is 4.47. The first-order chi connectivity index (χ1) is 9.54. The summed E-state index contributed by atoms with van der Waals surface area (Å²) in [7, 11) is -1.73. The van der Waals surface area contributed by atoms with Crippen LogP contribution in [-0.4, -0.2) is 21.5 Å². The van der Waals surface area contributed by atoms with E-state index in [2.05, 4.69) is 10.0 Å². The lowest BCUT2D eigenvalue weighted by molar-refractivity contribution is 0.303. The molecule has 4 nitrogen and oxygen atoms in total. The molecule has 0 amide bonds. The second kappa shape index (κ2) is 6.59. The van der Waals surface area contributed by atoms with E-state index in [4.69, 9.17) is 0 Å². The van der Waals surface area contributed by atoms with E-state index in [0.717, 1.165) is 12.8 Å². The van der Waals surface area contributed by atoms with Crippen molar-refractivity contribution in [2.24, 2.45) is 5.92 Å². The number of hydrogen-bond acceptors (Lipinski definition) is 3. The van der Waals surface area contributed by atoms with Gasteiger partial charge < -0.3 is 5.32 Å². The highest BCUT2D eigenvalue weighted by molar-refractivity contribution is 7.89. The lowest BCUT2D eigenvalue weighted by atomic mass is 9.85. The predicted molar refractivity (Wildman–Crippen MR) is 82.3 cm³/mol. The molecule has 1 aromatic carbocycles. The Balaban J connectivity index is 2.14. The van der Waals surface area contributed by atoms with Crippen LogP contribution in [0, 0.1) is 5.92 Å². The van der Waals surface area contributed by atoms with Crippen molar-refractivity contribution in [3.05, 3.63) is 24.3 Å². The standard InChI is InChI=1S/C15H24N2O2S/c1-12(13-8-4-3-5-9-13)17-20(18,19)15-11-7-6-10-14(15)16-2/h6-7,10-13,16-17H,3-5,8-9H2,1-2H3. The number of benzene rings is 1. The highest BCUT2D eigenvalue weighted by Crippen LogP contribution is 2.28. The summed E-state index contributed by atoms with van der Waals surface area (Å²) in [4.78, 5) is 0.324. The molecule has 20 heavy (non-hydrogen) atoms. The van der Waals surface area contributed by atoms with Crippen molar-refractivity contribution in [3.8, 4) is 0 Å². The Kier molecular flexibility index (Phi) is 5.05. The first-order valence-corrected chi connectivity index (χ1v) is 8.82. The van der Waals surface area contributed by atoms with Crippen molar-refractivity contribution in [3.63, 3.8) is 0 Å². The summed E-state index contributed by atoms with van der Waals surface area (Å²) in [5.74, 6) is 0.459. The van der Waals surface area contributed by atoms with Crippen LogP contribution in [0.5, 0.6) is 0 Å². The second-order valence-corrected chi connectivity index (χ2v) is 7.24. The minimum atomic E-state index is -3.46. The van der Waals surface area contributed by atoms with Gasteiger partial charge in [-0.2, -0.15) is 0 Å². The smallest absolute Gasteiger partial charge is 0.242 e. The third kappa shape index (κ3) is 3.52. The Morgan fingerprint density at radius 2 is 1.80 bits per heavy atom. The number of rotatable bonds is 5. The maximum atomic E-state index is 12.5. The molecule has 0 saturated heterocycles. The van der Waals surface area contributed by atoms with E-state index in [9.17, 15) is 8.42 Å². The van der Waals surface area contributed by atoms with E-state index < -0.39 is 10.0 Å². The molecule has 5 heteroatoms. The Morgan fingerprint density at radius 1 is 1.15 bits per heavy atom. The van der Waals surface area contributed by atoms with Crippen molar-refractivity contribution < 1.29 is 8.42 Å². The Labute approximate surface area is 122 Å². The number of nitrogens with one attached hydrogen (secondary N) is 2. The van der Waals surface area contributed by atoms with Gasteiger partial charge in [0, 0.05) is 13.1 Å². The Morgan fingerprint density at radius 3 is 2.45 bits per heavy atom. The van der Waals surface area contributed by atoms with Gasteiger partial charge in [-0.3, -0.25) is 0 Å². The predicted octanol–water partition coefficient (Wildman–Crippen LogP) is 2.98. The van der Waals surface area contributed by atoms with Crippen molar-refractivity contribution in [2.45, 2.75) is 50.0 Å². The maximum absolute atomic E-state index is 12.5. The highest BCUT2D eigenvalue weighted by atomic mass is 32.2. The average molecular weight is 296 g/mol. The van der Waals surface area contributed by atoms with Crippen molar-refractivity contribution in [2.75, 3.05) is 12.4 Å². The molecule has 1 fully saturated rings. The van der Waals surface area contributed by atoms with Gasteiger partial charge in [0.05, 0.1) is 5.69 Å². The van der Waals surface area contributed by atoms with Gasteiger partial charge in [0.15, 0.2) is 0 Å². The van der Waals surface area contributed by atoms with Gasteiger partial charge in [0.2, 0.25) is 10.0 Å². The highest BCUT2D eigenvalue weighted by Gasteiger charge is 2.26. The molecule has 0 aromatic heterocycles. The summed E-state index contributed by atoms with van der Waals surface area (Å²) in [5, 5.41) is 2.94. The quantitative estimate of drug-likeness (QED) is 0.878. The van der Waals surface area contributed by atoms with Gasteiger partial charge >= 0.3 is 0 Å². The summed E-state index contributed by atoms with van der Waals surface area (Å²) >= 11 is 0. The number of para-hydroxylation sites is 1. The zero-order valence-corrected chi connectivity index (χ0v) is 13.0. The van der Waals surface area contributed by atoms with E-state index in [1.165, 1.54) is 19.3 Å². The van der Waals surface area contributed by atoms with Crippen molar-refractivity contribution >= 4 is 15.7 Å². The molecule has 1 saturated carbocycles. The molecule has 1 aliphatic rings. The molecule has 2 rings (SSSR count). The van der Waals surface area contributed by atoms with Crippen LogP contribution in [0.1, 0.15) is 39.0 Å². The van der Waals surface area contributed by atoms with Gasteiger partial charge in [-0.15, -0.1) is 0 Å². The normalized spacial score (nSPS) is 18.7. The second-order valence-electron chi connectivity index (χ2n) is 5.55. The van der Waals surface area contributed by atoms with Crippen LogP contribution >= 0.6 is 0 Å². The zero-order chi connectivity index (χ0) is 14.6. The van der Waals surface area contributed by atoms with Gasteiger partial charge in [0.1, 0.15) is 4.90 Å². The molecule has 2 N–H and O–H groups in total. The Hall–Kier alpha value is -1.07. The maximum Gasteiger partial charge on any atom is 0.242 e. The van der Waals surface area contributed by atoms with Crippen molar-refractivity contribution in [1.29, 1.82) is 0 Å². The largest absolute Gasteiger partial charge is 0.387 e. The summed E-state index contributed by atoms with van der Waals surface area (Å²) in [5.41, 5.74) is 0.635. The first kappa shape index (κ1) is 15.3. The lowest BCUT2D eigenvalue weighted by Gasteiger charge is -2.28. The summed E-state index contributed by atoms with van der Waals surface area (Å²) in [6.07, 6.45) is 5.95. The van der Waals surface area contributed by atoms with E-state index in [-0.39, 0.29) is 6.04 Å². The molecule has 0 spiro atoms. The van der Waals surface area contributed by atoms with Crippen LogP contribution in [-0.2, 0) is 10.0 Å². The SMILES string of the molecule is CNc1ccccc1S(=O)(=O)NC(C)C1CCCCC1. The summed E-state index contributed by atoms with van der Waals surface area (Å²) < 4.78 is 27.9. The fourth-order valence-electron chi connectivity index (χ4n) is 2.95. The van der Waals surface area contributed by atoms with E-state index in [1.54, 1.807) is 25.2 Å². The monoisotopic (exact) mass is 296 g/mol. The minimum absolute atomic E-state index is 0.00906. The molecular weight excluding hydrogens is 272 g/mol.